The van der Waals surface area contributed by atoms with Gasteiger partial charge in [-0.1, -0.05) is 31.7 Å². The lowest BCUT2D eigenvalue weighted by Gasteiger charge is -2.12. The lowest BCUT2D eigenvalue weighted by molar-refractivity contribution is -0.134. The van der Waals surface area contributed by atoms with Gasteiger partial charge in [-0.3, -0.25) is 19.7 Å². The summed E-state index contributed by atoms with van der Waals surface area (Å²) in [5.41, 5.74) is 0.691. The summed E-state index contributed by atoms with van der Waals surface area (Å²) in [6, 6.07) is 5.09. The van der Waals surface area contributed by atoms with Gasteiger partial charge in [-0.05, 0) is 54.8 Å². The quantitative estimate of drug-likeness (QED) is 0.426. The molecule has 2 aliphatic rings. The number of rotatable bonds is 7. The minimum Gasteiger partial charge on any atom is -0.490 e. The maximum absolute atomic E-state index is 12.2. The Kier molecular flexibility index (Phi) is 6.55. The second-order valence-electron chi connectivity index (χ2n) is 6.65. The zero-order valence-corrected chi connectivity index (χ0v) is 16.1. The fraction of sp³-hybridized carbons (Fsp3) is 0.450. The van der Waals surface area contributed by atoms with Crippen LogP contribution in [0, 0.1) is 5.92 Å². The van der Waals surface area contributed by atoms with Crippen LogP contribution in [0.15, 0.2) is 23.1 Å². The number of thioether (sulfide) groups is 1. The van der Waals surface area contributed by atoms with Crippen LogP contribution in [0.5, 0.6) is 11.5 Å². The van der Waals surface area contributed by atoms with Crippen molar-refractivity contribution >= 4 is 35.0 Å². The number of hydrogen-bond donors (Lipinski definition) is 1. The van der Waals surface area contributed by atoms with E-state index < -0.39 is 5.91 Å². The second-order valence-corrected chi connectivity index (χ2v) is 7.67. The van der Waals surface area contributed by atoms with Crippen molar-refractivity contribution in [2.24, 2.45) is 5.92 Å². The summed E-state index contributed by atoms with van der Waals surface area (Å²) in [5.74, 6) is 0.775. The van der Waals surface area contributed by atoms with Gasteiger partial charge >= 0.3 is 5.97 Å². The topological polar surface area (TPSA) is 81.7 Å². The fourth-order valence-electron chi connectivity index (χ4n) is 3.33. The van der Waals surface area contributed by atoms with E-state index in [1.165, 1.54) is 25.7 Å². The zero-order valence-electron chi connectivity index (χ0n) is 15.3. The molecule has 0 unspecified atom stereocenters. The van der Waals surface area contributed by atoms with Gasteiger partial charge in [-0.15, -0.1) is 0 Å². The molecule has 27 heavy (non-hydrogen) atoms. The summed E-state index contributed by atoms with van der Waals surface area (Å²) in [4.78, 5) is 35.4. The van der Waals surface area contributed by atoms with Gasteiger partial charge in [0.15, 0.2) is 11.5 Å². The summed E-state index contributed by atoms with van der Waals surface area (Å²) in [6.07, 6.45) is 7.80. The van der Waals surface area contributed by atoms with Crippen molar-refractivity contribution in [2.45, 2.75) is 45.4 Å². The van der Waals surface area contributed by atoms with Crippen LogP contribution in [-0.2, 0) is 9.59 Å². The van der Waals surface area contributed by atoms with Gasteiger partial charge in [0.1, 0.15) is 0 Å². The highest BCUT2D eigenvalue weighted by atomic mass is 32.2. The first-order chi connectivity index (χ1) is 13.0. The average molecular weight is 389 g/mol. The van der Waals surface area contributed by atoms with Gasteiger partial charge in [0.2, 0.25) is 0 Å². The first-order valence-electron chi connectivity index (χ1n) is 9.27. The van der Waals surface area contributed by atoms with Crippen LogP contribution in [0.2, 0.25) is 0 Å². The predicted octanol–water partition coefficient (Wildman–Crippen LogP) is 4.29. The van der Waals surface area contributed by atoms with Crippen LogP contribution in [0.3, 0.4) is 0 Å². The van der Waals surface area contributed by atoms with Crippen LogP contribution >= 0.6 is 11.8 Å². The molecular weight excluding hydrogens is 366 g/mol. The Bertz CT molecular complexity index is 768. The van der Waals surface area contributed by atoms with Crippen molar-refractivity contribution in [3.8, 4) is 11.5 Å². The van der Waals surface area contributed by atoms with Crippen molar-refractivity contribution in [2.75, 3.05) is 6.61 Å². The molecule has 1 aromatic carbocycles. The zero-order chi connectivity index (χ0) is 19.2. The van der Waals surface area contributed by atoms with E-state index in [-0.39, 0.29) is 11.2 Å². The predicted molar refractivity (Wildman–Crippen MR) is 104 cm³/mol. The molecule has 1 saturated carbocycles. The standard InChI is InChI=1S/C20H23NO5S/c1-2-25-16-11-14(12-17-19(23)21-20(24)27-17)7-9-15(16)26-18(22)10-8-13-5-3-4-6-13/h7,9,11-13H,2-6,8,10H2,1H3,(H,21,23,24). The molecule has 0 atom stereocenters. The molecule has 1 aromatic rings. The SMILES string of the molecule is CCOc1cc(C=C2SC(=O)NC2=O)ccc1OC(=O)CCC1CCCC1. The van der Waals surface area contributed by atoms with Gasteiger partial charge in [0.05, 0.1) is 11.5 Å². The molecule has 1 aliphatic carbocycles. The van der Waals surface area contributed by atoms with Crippen molar-refractivity contribution in [3.05, 3.63) is 28.7 Å². The van der Waals surface area contributed by atoms with Crippen LogP contribution < -0.4 is 14.8 Å². The summed E-state index contributed by atoms with van der Waals surface area (Å²) in [7, 11) is 0. The van der Waals surface area contributed by atoms with Gasteiger partial charge in [0, 0.05) is 6.42 Å². The molecule has 1 N–H and O–H groups in total. The third-order valence-corrected chi connectivity index (χ3v) is 5.47. The van der Waals surface area contributed by atoms with E-state index in [1.807, 2.05) is 6.92 Å². The lowest BCUT2D eigenvalue weighted by atomic mass is 10.0. The van der Waals surface area contributed by atoms with Gasteiger partial charge in [0.25, 0.3) is 11.1 Å². The molecule has 7 heteroatoms. The average Bonchev–Trinajstić information content (AvgIpc) is 3.25. The highest BCUT2D eigenvalue weighted by molar-refractivity contribution is 8.18. The minimum absolute atomic E-state index is 0.259. The van der Waals surface area contributed by atoms with Crippen LogP contribution in [0.25, 0.3) is 6.08 Å². The number of esters is 1. The molecule has 0 radical (unpaired) electrons. The summed E-state index contributed by atoms with van der Waals surface area (Å²) in [5, 5.41) is 1.83. The second kappa shape index (κ2) is 9.08. The molecule has 0 spiro atoms. The molecule has 1 heterocycles. The van der Waals surface area contributed by atoms with Crippen LogP contribution in [0.4, 0.5) is 4.79 Å². The Labute approximate surface area is 162 Å². The third-order valence-electron chi connectivity index (χ3n) is 4.66. The minimum atomic E-state index is -0.412. The highest BCUT2D eigenvalue weighted by Crippen LogP contribution is 2.33. The van der Waals surface area contributed by atoms with Crippen molar-refractivity contribution in [3.63, 3.8) is 0 Å². The summed E-state index contributed by atoms with van der Waals surface area (Å²) >= 11 is 0.856. The van der Waals surface area contributed by atoms with Crippen molar-refractivity contribution in [1.29, 1.82) is 0 Å². The molecule has 1 aliphatic heterocycles. The van der Waals surface area contributed by atoms with Crippen LogP contribution in [0.1, 0.15) is 51.0 Å². The normalized spacial score (nSPS) is 18.8. The van der Waals surface area contributed by atoms with E-state index in [0.717, 1.165) is 18.2 Å². The van der Waals surface area contributed by atoms with E-state index in [0.29, 0.717) is 40.9 Å². The lowest BCUT2D eigenvalue weighted by Crippen LogP contribution is -2.17. The number of carbonyl (C=O) groups is 3. The smallest absolute Gasteiger partial charge is 0.311 e. The molecule has 6 nitrogen and oxygen atoms in total. The highest BCUT2D eigenvalue weighted by Gasteiger charge is 2.25. The Morgan fingerprint density at radius 2 is 2.04 bits per heavy atom. The molecular formula is C20H23NO5S. The molecule has 0 aromatic heterocycles. The Morgan fingerprint density at radius 3 is 2.70 bits per heavy atom. The van der Waals surface area contributed by atoms with E-state index in [2.05, 4.69) is 5.32 Å². The van der Waals surface area contributed by atoms with Gasteiger partial charge in [-0.2, -0.15) is 0 Å². The van der Waals surface area contributed by atoms with E-state index >= 15 is 0 Å². The summed E-state index contributed by atoms with van der Waals surface area (Å²) < 4.78 is 11.1. The Morgan fingerprint density at radius 1 is 1.26 bits per heavy atom. The number of imide groups is 1. The number of benzene rings is 1. The van der Waals surface area contributed by atoms with E-state index in [9.17, 15) is 14.4 Å². The first-order valence-corrected chi connectivity index (χ1v) is 10.1. The van der Waals surface area contributed by atoms with Gasteiger partial charge in [-0.25, -0.2) is 0 Å². The molecule has 2 amide bonds. The number of hydrogen-bond acceptors (Lipinski definition) is 6. The van der Waals surface area contributed by atoms with Crippen molar-refractivity contribution in [1.82, 2.24) is 5.32 Å². The summed E-state index contributed by atoms with van der Waals surface area (Å²) in [6.45, 7) is 2.26. The van der Waals surface area contributed by atoms with Crippen molar-refractivity contribution < 1.29 is 23.9 Å². The number of ether oxygens (including phenoxy) is 2. The van der Waals surface area contributed by atoms with Crippen LogP contribution in [-0.4, -0.2) is 23.7 Å². The molecule has 1 saturated heterocycles. The largest absolute Gasteiger partial charge is 0.490 e. The van der Waals surface area contributed by atoms with E-state index in [1.54, 1.807) is 24.3 Å². The third kappa shape index (κ3) is 5.35. The Hall–Kier alpha value is -2.28. The molecule has 0 bridgehead atoms. The number of carbonyl (C=O) groups excluding carboxylic acids is 3. The number of nitrogens with one attached hydrogen (secondary N) is 1. The first kappa shape index (κ1) is 19.5. The number of amides is 2. The maximum atomic E-state index is 12.2. The molecule has 2 fully saturated rings. The maximum Gasteiger partial charge on any atom is 0.311 e. The van der Waals surface area contributed by atoms with Gasteiger partial charge < -0.3 is 9.47 Å². The molecule has 3 rings (SSSR count). The molecule has 144 valence electrons. The monoisotopic (exact) mass is 389 g/mol. The Balaban J connectivity index is 1.67. The van der Waals surface area contributed by atoms with E-state index in [4.69, 9.17) is 9.47 Å². The fourth-order valence-corrected chi connectivity index (χ4v) is 4.02.